The maximum Gasteiger partial charge on any atom is 0.270 e. The molecule has 2 aliphatic heterocycles. The molecule has 0 spiro atoms. The second kappa shape index (κ2) is 11.4. The molecule has 2 aliphatic rings. The Labute approximate surface area is 201 Å². The molecule has 1 saturated heterocycles. The van der Waals surface area contributed by atoms with Crippen LogP contribution in [-0.2, 0) is 17.8 Å². The van der Waals surface area contributed by atoms with Crippen LogP contribution in [-0.4, -0.2) is 83.4 Å². The van der Waals surface area contributed by atoms with E-state index < -0.39 is 0 Å². The largest absolute Gasteiger partial charge is 0.367 e. The van der Waals surface area contributed by atoms with E-state index in [0.29, 0.717) is 18.1 Å². The maximum absolute atomic E-state index is 12.8. The molecule has 1 fully saturated rings. The van der Waals surface area contributed by atoms with Crippen molar-refractivity contribution in [1.29, 1.82) is 0 Å². The van der Waals surface area contributed by atoms with Crippen LogP contribution in [0.2, 0.25) is 0 Å². The molecule has 1 unspecified atom stereocenters. The van der Waals surface area contributed by atoms with Gasteiger partial charge >= 0.3 is 0 Å². The molecule has 4 rings (SSSR count). The zero-order chi connectivity index (χ0) is 23.9. The number of anilines is 1. The first-order valence-electron chi connectivity index (χ1n) is 12.1. The van der Waals surface area contributed by atoms with Crippen molar-refractivity contribution in [2.75, 3.05) is 45.1 Å². The third-order valence-corrected chi connectivity index (χ3v) is 6.80. The van der Waals surface area contributed by atoms with Gasteiger partial charge in [-0.3, -0.25) is 14.5 Å². The molecule has 9 nitrogen and oxygen atoms in total. The van der Waals surface area contributed by atoms with E-state index in [-0.39, 0.29) is 23.9 Å². The molecule has 2 aromatic rings. The van der Waals surface area contributed by atoms with Gasteiger partial charge in [-0.1, -0.05) is 24.3 Å². The monoisotopic (exact) mass is 465 g/mol. The molecule has 1 atom stereocenters. The van der Waals surface area contributed by atoms with E-state index in [2.05, 4.69) is 55.1 Å². The fraction of sp³-hybridized carbons (Fsp3) is 0.520. The summed E-state index contributed by atoms with van der Waals surface area (Å²) in [5, 5.41) is 9.73. The van der Waals surface area contributed by atoms with Gasteiger partial charge in [0.1, 0.15) is 17.8 Å². The molecule has 182 valence electrons. The van der Waals surface area contributed by atoms with Crippen molar-refractivity contribution in [3.05, 3.63) is 53.5 Å². The number of carbonyl (C=O) groups excluding carboxylic acids is 2. The van der Waals surface area contributed by atoms with Crippen LogP contribution in [0.15, 0.2) is 36.7 Å². The number of aromatic nitrogens is 2. The molecule has 2 amide bonds. The predicted molar refractivity (Wildman–Crippen MR) is 132 cm³/mol. The van der Waals surface area contributed by atoms with Crippen molar-refractivity contribution >= 4 is 17.6 Å². The minimum absolute atomic E-state index is 0.115. The van der Waals surface area contributed by atoms with Crippen molar-refractivity contribution in [2.45, 2.75) is 44.8 Å². The normalized spacial score (nSPS) is 17.6. The van der Waals surface area contributed by atoms with Gasteiger partial charge in [0.25, 0.3) is 5.91 Å². The number of benzene rings is 1. The molecule has 34 heavy (non-hydrogen) atoms. The van der Waals surface area contributed by atoms with E-state index in [1.165, 1.54) is 17.5 Å². The van der Waals surface area contributed by atoms with E-state index in [1.807, 2.05) is 11.9 Å². The van der Waals surface area contributed by atoms with Gasteiger partial charge in [0.2, 0.25) is 5.91 Å². The number of likely N-dealkylation sites (tertiary alicyclic amines) is 1. The van der Waals surface area contributed by atoms with Crippen molar-refractivity contribution in [1.82, 2.24) is 30.4 Å². The van der Waals surface area contributed by atoms with Gasteiger partial charge in [-0.2, -0.15) is 0 Å². The van der Waals surface area contributed by atoms with Crippen LogP contribution in [0.3, 0.4) is 0 Å². The topological polar surface area (TPSA) is 102 Å². The van der Waals surface area contributed by atoms with Gasteiger partial charge in [0.15, 0.2) is 0 Å². The molecule has 9 heteroatoms. The summed E-state index contributed by atoms with van der Waals surface area (Å²) in [5.41, 5.74) is 3.17. The third kappa shape index (κ3) is 6.30. The van der Waals surface area contributed by atoms with Crippen molar-refractivity contribution in [3.8, 4) is 0 Å². The third-order valence-electron chi connectivity index (χ3n) is 6.80. The summed E-state index contributed by atoms with van der Waals surface area (Å²) >= 11 is 0. The second-order valence-electron chi connectivity index (χ2n) is 9.16. The summed E-state index contributed by atoms with van der Waals surface area (Å²) in [4.78, 5) is 37.0. The lowest BCUT2D eigenvalue weighted by molar-refractivity contribution is -0.129. The highest BCUT2D eigenvalue weighted by Crippen LogP contribution is 2.18. The van der Waals surface area contributed by atoms with Crippen LogP contribution in [0.25, 0.3) is 0 Å². The number of fused-ring (bicyclic) bond motifs is 1. The first-order valence-corrected chi connectivity index (χ1v) is 12.1. The number of nitrogens with one attached hydrogen (secondary N) is 3. The van der Waals surface area contributed by atoms with Gasteiger partial charge < -0.3 is 20.9 Å². The Kier molecular flexibility index (Phi) is 8.08. The number of hydrogen-bond donors (Lipinski definition) is 3. The Morgan fingerprint density at radius 2 is 1.88 bits per heavy atom. The lowest BCUT2D eigenvalue weighted by Gasteiger charge is -2.32. The van der Waals surface area contributed by atoms with Crippen LogP contribution >= 0.6 is 0 Å². The molecule has 0 radical (unpaired) electrons. The summed E-state index contributed by atoms with van der Waals surface area (Å²) in [5.74, 6) is 0.545. The van der Waals surface area contributed by atoms with Crippen molar-refractivity contribution < 1.29 is 9.59 Å². The highest BCUT2D eigenvalue weighted by Gasteiger charge is 2.22. The number of hydrogen-bond acceptors (Lipinski definition) is 7. The van der Waals surface area contributed by atoms with Crippen molar-refractivity contribution in [3.63, 3.8) is 0 Å². The molecule has 3 N–H and O–H groups in total. The Hall–Kier alpha value is -3.04. The number of amides is 2. The van der Waals surface area contributed by atoms with E-state index in [1.54, 1.807) is 13.0 Å². The standard InChI is InChI=1S/C25H35N7O2/c1-18(33)32-11-8-21(9-12-32)30-24-13-23(28-17-29-24)25(34)27-14-22(26-2)16-31-10-7-19-5-3-4-6-20(19)15-31/h3-6,13,17,21-22,26H,7-12,14-16H2,1-2H3,(H,27,34)(H,28,29,30). The smallest absolute Gasteiger partial charge is 0.270 e. The van der Waals surface area contributed by atoms with E-state index in [0.717, 1.165) is 52.0 Å². The summed E-state index contributed by atoms with van der Waals surface area (Å²) in [7, 11) is 1.93. The first-order chi connectivity index (χ1) is 16.5. The molecule has 3 heterocycles. The minimum atomic E-state index is -0.207. The van der Waals surface area contributed by atoms with Crippen LogP contribution in [0.4, 0.5) is 5.82 Å². The zero-order valence-corrected chi connectivity index (χ0v) is 20.1. The summed E-state index contributed by atoms with van der Waals surface area (Å²) in [6.07, 6.45) is 4.19. The SMILES string of the molecule is CNC(CNC(=O)c1cc(NC2CCN(C(C)=O)CC2)ncn1)CN1CCc2ccccc2C1. The number of likely N-dealkylation sites (N-methyl/N-ethyl adjacent to an activating group) is 1. The predicted octanol–water partition coefficient (Wildman–Crippen LogP) is 1.28. The number of piperidine rings is 1. The fourth-order valence-electron chi connectivity index (χ4n) is 4.69. The van der Waals surface area contributed by atoms with Crippen LogP contribution < -0.4 is 16.0 Å². The average molecular weight is 466 g/mol. The van der Waals surface area contributed by atoms with E-state index in [4.69, 9.17) is 0 Å². The Balaban J connectivity index is 1.26. The molecule has 0 bridgehead atoms. The summed E-state index contributed by atoms with van der Waals surface area (Å²) in [6.45, 7) is 6.42. The van der Waals surface area contributed by atoms with Gasteiger partial charge in [0.05, 0.1) is 0 Å². The first kappa shape index (κ1) is 24.1. The van der Waals surface area contributed by atoms with Crippen molar-refractivity contribution in [2.24, 2.45) is 0 Å². The van der Waals surface area contributed by atoms with Crippen LogP contribution in [0.5, 0.6) is 0 Å². The number of rotatable bonds is 8. The number of carbonyl (C=O) groups is 2. The van der Waals surface area contributed by atoms with Crippen LogP contribution in [0, 0.1) is 0 Å². The van der Waals surface area contributed by atoms with Gasteiger partial charge in [0, 0.05) is 64.3 Å². The lowest BCUT2D eigenvalue weighted by atomic mass is 9.99. The highest BCUT2D eigenvalue weighted by molar-refractivity contribution is 5.92. The van der Waals surface area contributed by atoms with E-state index >= 15 is 0 Å². The Morgan fingerprint density at radius 1 is 1.12 bits per heavy atom. The highest BCUT2D eigenvalue weighted by atomic mass is 16.2. The minimum Gasteiger partial charge on any atom is -0.367 e. The van der Waals surface area contributed by atoms with Gasteiger partial charge in [-0.25, -0.2) is 9.97 Å². The van der Waals surface area contributed by atoms with Gasteiger partial charge in [-0.05, 0) is 37.4 Å². The molecule has 1 aromatic carbocycles. The lowest BCUT2D eigenvalue weighted by Crippen LogP contribution is -2.47. The Bertz CT molecular complexity index is 991. The molecular weight excluding hydrogens is 430 g/mol. The molecular formula is C25H35N7O2. The van der Waals surface area contributed by atoms with Crippen LogP contribution in [0.1, 0.15) is 41.4 Å². The molecule has 0 aliphatic carbocycles. The molecule has 1 aromatic heterocycles. The average Bonchev–Trinajstić information content (AvgIpc) is 2.86. The Morgan fingerprint density at radius 3 is 2.62 bits per heavy atom. The second-order valence-corrected chi connectivity index (χ2v) is 9.16. The number of nitrogens with zero attached hydrogens (tertiary/aromatic N) is 4. The maximum atomic E-state index is 12.8. The van der Waals surface area contributed by atoms with E-state index in [9.17, 15) is 9.59 Å². The molecule has 0 saturated carbocycles. The summed E-state index contributed by atoms with van der Waals surface area (Å²) in [6, 6.07) is 10.7. The van der Waals surface area contributed by atoms with Gasteiger partial charge in [-0.15, -0.1) is 0 Å². The quantitative estimate of drug-likeness (QED) is 0.540. The summed E-state index contributed by atoms with van der Waals surface area (Å²) < 4.78 is 0. The fourth-order valence-corrected chi connectivity index (χ4v) is 4.69. The zero-order valence-electron chi connectivity index (χ0n) is 20.1.